The molecule has 0 radical (unpaired) electrons. The molecule has 0 aromatic heterocycles. The number of hydrogen-bond donors (Lipinski definition) is 1. The highest BCUT2D eigenvalue weighted by molar-refractivity contribution is 5.64. The predicted octanol–water partition coefficient (Wildman–Crippen LogP) is 0.501. The number of fused-ring (bicyclic) bond motifs is 2. The number of aliphatic hydroxyl groups is 1. The summed E-state index contributed by atoms with van der Waals surface area (Å²) in [4.78, 5) is 10.3. The lowest BCUT2D eigenvalue weighted by atomic mass is 9.67. The molecule has 4 nitrogen and oxygen atoms in total. The highest BCUT2D eigenvalue weighted by atomic mass is 16.7. The van der Waals surface area contributed by atoms with Crippen molar-refractivity contribution in [2.75, 3.05) is 13.2 Å². The summed E-state index contributed by atoms with van der Waals surface area (Å²) in [5.74, 6) is 0.388. The van der Waals surface area contributed by atoms with Crippen molar-refractivity contribution in [1.82, 2.24) is 0 Å². The van der Waals surface area contributed by atoms with Crippen LogP contribution in [0.15, 0.2) is 12.2 Å². The van der Waals surface area contributed by atoms with Crippen LogP contribution in [0.5, 0.6) is 0 Å². The van der Waals surface area contributed by atoms with Crippen LogP contribution in [0, 0.1) is 17.8 Å². The third kappa shape index (κ3) is 1.30. The van der Waals surface area contributed by atoms with Gasteiger partial charge in [0, 0.05) is 18.3 Å². The fraction of sp³-hybridized carbons (Fsp3) is 0.750. The Labute approximate surface area is 94.2 Å². The van der Waals surface area contributed by atoms with E-state index in [0.717, 1.165) is 19.1 Å². The summed E-state index contributed by atoms with van der Waals surface area (Å²) < 4.78 is 11.3. The van der Waals surface area contributed by atoms with Crippen molar-refractivity contribution in [3.63, 3.8) is 0 Å². The maximum absolute atomic E-state index is 10.3. The van der Waals surface area contributed by atoms with Crippen molar-refractivity contribution in [1.29, 1.82) is 0 Å². The summed E-state index contributed by atoms with van der Waals surface area (Å²) in [7, 11) is 0. The molecular formula is C12H16O4. The standard InChI is InChI=1S/C12H16O4/c13-3-1-2-8-9-7-12(15-4-5-16-12)10(9)6-11(8)14/h1-3,8-11,14H,4-7H2/b2-1+/t8-,9-,10+,11-/m0/s1. The molecule has 2 aliphatic carbocycles. The summed E-state index contributed by atoms with van der Waals surface area (Å²) in [6.07, 6.45) is 5.28. The molecule has 0 bridgehead atoms. The molecule has 2 saturated carbocycles. The minimum Gasteiger partial charge on any atom is -0.392 e. The Morgan fingerprint density at radius 3 is 2.75 bits per heavy atom. The van der Waals surface area contributed by atoms with Gasteiger partial charge < -0.3 is 14.6 Å². The van der Waals surface area contributed by atoms with Gasteiger partial charge in [-0.05, 0) is 18.4 Å². The number of aldehydes is 1. The van der Waals surface area contributed by atoms with E-state index in [0.29, 0.717) is 25.0 Å². The summed E-state index contributed by atoms with van der Waals surface area (Å²) in [6.45, 7) is 1.32. The molecule has 0 amide bonds. The van der Waals surface area contributed by atoms with Gasteiger partial charge >= 0.3 is 0 Å². The van der Waals surface area contributed by atoms with Gasteiger partial charge in [-0.3, -0.25) is 4.79 Å². The zero-order valence-electron chi connectivity index (χ0n) is 9.04. The van der Waals surface area contributed by atoms with E-state index >= 15 is 0 Å². The normalized spacial score (nSPS) is 44.8. The molecule has 0 aromatic carbocycles. The SMILES string of the molecule is O=C/C=C/[C@H]1[C@@H]2CC3(OCCO3)[C@@H]2C[C@@H]1O. The first-order valence-electron chi connectivity index (χ1n) is 5.85. The average molecular weight is 224 g/mol. The summed E-state index contributed by atoms with van der Waals surface area (Å²) in [5.41, 5.74) is 0. The first-order valence-corrected chi connectivity index (χ1v) is 5.85. The Hall–Kier alpha value is -0.710. The van der Waals surface area contributed by atoms with Crippen molar-refractivity contribution in [3.05, 3.63) is 12.2 Å². The van der Waals surface area contributed by atoms with Crippen molar-refractivity contribution in [3.8, 4) is 0 Å². The van der Waals surface area contributed by atoms with Crippen molar-refractivity contribution in [2.45, 2.75) is 24.7 Å². The Kier molecular flexibility index (Phi) is 2.38. The van der Waals surface area contributed by atoms with Crippen LogP contribution in [-0.4, -0.2) is 36.5 Å². The summed E-state index contributed by atoms with van der Waals surface area (Å²) in [6, 6.07) is 0. The molecule has 3 rings (SSSR count). The van der Waals surface area contributed by atoms with Gasteiger partial charge in [-0.1, -0.05) is 6.08 Å². The topological polar surface area (TPSA) is 55.8 Å². The molecule has 3 aliphatic rings. The van der Waals surface area contributed by atoms with E-state index in [1.54, 1.807) is 0 Å². The lowest BCUT2D eigenvalue weighted by Crippen LogP contribution is -2.53. The summed E-state index contributed by atoms with van der Waals surface area (Å²) >= 11 is 0. The molecule has 88 valence electrons. The molecule has 0 unspecified atom stereocenters. The van der Waals surface area contributed by atoms with E-state index in [2.05, 4.69) is 0 Å². The number of carbonyl (C=O) groups excluding carboxylic acids is 1. The van der Waals surface area contributed by atoms with Gasteiger partial charge in [0.25, 0.3) is 0 Å². The lowest BCUT2D eigenvalue weighted by Gasteiger charge is -2.48. The van der Waals surface area contributed by atoms with Crippen LogP contribution < -0.4 is 0 Å². The van der Waals surface area contributed by atoms with Gasteiger partial charge in [0.15, 0.2) is 5.79 Å². The minimum atomic E-state index is -0.407. The maximum Gasteiger partial charge on any atom is 0.171 e. The van der Waals surface area contributed by atoms with Gasteiger partial charge in [0.05, 0.1) is 19.3 Å². The van der Waals surface area contributed by atoms with E-state index in [4.69, 9.17) is 9.47 Å². The minimum absolute atomic E-state index is 0.0913. The number of allylic oxidation sites excluding steroid dienone is 1. The van der Waals surface area contributed by atoms with Crippen LogP contribution in [0.4, 0.5) is 0 Å². The quantitative estimate of drug-likeness (QED) is 0.548. The zero-order chi connectivity index (χ0) is 11.2. The van der Waals surface area contributed by atoms with Crippen LogP contribution in [0.25, 0.3) is 0 Å². The molecule has 0 aromatic rings. The van der Waals surface area contributed by atoms with E-state index < -0.39 is 5.79 Å². The van der Waals surface area contributed by atoms with Gasteiger partial charge in [-0.25, -0.2) is 0 Å². The monoisotopic (exact) mass is 224 g/mol. The fourth-order valence-corrected chi connectivity index (χ4v) is 3.50. The average Bonchev–Trinajstić information content (AvgIpc) is 2.83. The van der Waals surface area contributed by atoms with Crippen molar-refractivity contribution >= 4 is 6.29 Å². The molecule has 1 saturated heterocycles. The second-order valence-electron chi connectivity index (χ2n) is 4.88. The van der Waals surface area contributed by atoms with Gasteiger partial charge in [-0.2, -0.15) is 0 Å². The fourth-order valence-electron chi connectivity index (χ4n) is 3.50. The Balaban J connectivity index is 1.74. The number of hydrogen-bond acceptors (Lipinski definition) is 4. The second kappa shape index (κ2) is 3.65. The number of ether oxygens (including phenoxy) is 2. The molecule has 3 fully saturated rings. The maximum atomic E-state index is 10.3. The molecule has 4 atom stereocenters. The third-order valence-corrected chi connectivity index (χ3v) is 4.22. The van der Waals surface area contributed by atoms with E-state index in [9.17, 15) is 9.90 Å². The Morgan fingerprint density at radius 1 is 1.31 bits per heavy atom. The number of rotatable bonds is 2. The van der Waals surface area contributed by atoms with Crippen LogP contribution in [-0.2, 0) is 14.3 Å². The van der Waals surface area contributed by atoms with Gasteiger partial charge in [0.2, 0.25) is 0 Å². The first kappa shape index (κ1) is 10.4. The Morgan fingerprint density at radius 2 is 2.06 bits per heavy atom. The highest BCUT2D eigenvalue weighted by Gasteiger charge is 2.64. The number of carbonyl (C=O) groups is 1. The second-order valence-corrected chi connectivity index (χ2v) is 4.88. The van der Waals surface area contributed by atoms with Crippen molar-refractivity contribution in [2.24, 2.45) is 17.8 Å². The molecular weight excluding hydrogens is 208 g/mol. The molecule has 1 aliphatic heterocycles. The summed E-state index contributed by atoms with van der Waals surface area (Å²) in [5, 5.41) is 9.96. The molecule has 16 heavy (non-hydrogen) atoms. The van der Waals surface area contributed by atoms with E-state index in [-0.39, 0.29) is 12.0 Å². The smallest absolute Gasteiger partial charge is 0.171 e. The number of aliphatic hydroxyl groups excluding tert-OH is 1. The van der Waals surface area contributed by atoms with Gasteiger partial charge in [0.1, 0.15) is 6.29 Å². The first-order chi connectivity index (χ1) is 7.77. The van der Waals surface area contributed by atoms with Crippen LogP contribution in [0.2, 0.25) is 0 Å². The van der Waals surface area contributed by atoms with E-state index in [1.165, 1.54) is 6.08 Å². The molecule has 1 spiro atoms. The van der Waals surface area contributed by atoms with Crippen LogP contribution >= 0.6 is 0 Å². The Bertz CT molecular complexity index is 319. The highest BCUT2D eigenvalue weighted by Crippen LogP contribution is 2.59. The largest absolute Gasteiger partial charge is 0.392 e. The zero-order valence-corrected chi connectivity index (χ0v) is 9.04. The van der Waals surface area contributed by atoms with Crippen molar-refractivity contribution < 1.29 is 19.4 Å². The van der Waals surface area contributed by atoms with Gasteiger partial charge in [-0.15, -0.1) is 0 Å². The lowest BCUT2D eigenvalue weighted by molar-refractivity contribution is -0.270. The predicted molar refractivity (Wildman–Crippen MR) is 55.5 cm³/mol. The van der Waals surface area contributed by atoms with Crippen LogP contribution in [0.1, 0.15) is 12.8 Å². The molecule has 1 heterocycles. The molecule has 4 heteroatoms. The van der Waals surface area contributed by atoms with Crippen LogP contribution in [0.3, 0.4) is 0 Å². The third-order valence-electron chi connectivity index (χ3n) is 4.22. The molecule has 1 N–H and O–H groups in total. The van der Waals surface area contributed by atoms with E-state index in [1.807, 2.05) is 6.08 Å².